The molecule has 0 spiro atoms. The van der Waals surface area contributed by atoms with Crippen LogP contribution in [0.4, 0.5) is 0 Å². The van der Waals surface area contributed by atoms with Gasteiger partial charge in [-0.05, 0) is 38.1 Å². The third-order valence-corrected chi connectivity index (χ3v) is 4.13. The molecule has 2 heterocycles. The predicted octanol–water partition coefficient (Wildman–Crippen LogP) is 1.46. The van der Waals surface area contributed by atoms with E-state index in [2.05, 4.69) is 14.8 Å². The van der Waals surface area contributed by atoms with Crippen LogP contribution in [0.5, 0.6) is 0 Å². The van der Waals surface area contributed by atoms with Gasteiger partial charge in [0.2, 0.25) is 0 Å². The van der Waals surface area contributed by atoms with Crippen molar-refractivity contribution in [2.75, 3.05) is 6.54 Å². The van der Waals surface area contributed by atoms with E-state index in [0.717, 1.165) is 31.8 Å². The number of fused-ring (bicyclic) bond motifs is 1. The van der Waals surface area contributed by atoms with Gasteiger partial charge in [-0.25, -0.2) is 0 Å². The fourth-order valence-corrected chi connectivity index (χ4v) is 2.87. The first-order valence-electron chi connectivity index (χ1n) is 6.50. The Labute approximate surface area is 96.2 Å². The highest BCUT2D eigenvalue weighted by molar-refractivity contribution is 5.07. The van der Waals surface area contributed by atoms with Crippen molar-refractivity contribution >= 4 is 0 Å². The van der Waals surface area contributed by atoms with Gasteiger partial charge in [0.1, 0.15) is 11.6 Å². The van der Waals surface area contributed by atoms with Crippen LogP contribution in [0.3, 0.4) is 0 Å². The number of hydrogen-bond donors (Lipinski definition) is 1. The minimum absolute atomic E-state index is 0.701. The van der Waals surface area contributed by atoms with Gasteiger partial charge in [0, 0.05) is 18.9 Å². The summed E-state index contributed by atoms with van der Waals surface area (Å²) in [7, 11) is 0. The van der Waals surface area contributed by atoms with Crippen molar-refractivity contribution in [1.29, 1.82) is 0 Å². The van der Waals surface area contributed by atoms with Crippen molar-refractivity contribution in [3.05, 3.63) is 11.6 Å². The second-order valence-electron chi connectivity index (χ2n) is 5.19. The molecule has 0 bridgehead atoms. The third-order valence-electron chi connectivity index (χ3n) is 4.13. The maximum absolute atomic E-state index is 5.62. The first-order chi connectivity index (χ1) is 7.88. The van der Waals surface area contributed by atoms with Gasteiger partial charge in [-0.15, -0.1) is 10.2 Å². The maximum atomic E-state index is 5.62. The molecular formula is C12H20N4. The van der Waals surface area contributed by atoms with Crippen LogP contribution in [-0.2, 0) is 13.0 Å². The summed E-state index contributed by atoms with van der Waals surface area (Å²) in [5, 5.41) is 8.76. The highest BCUT2D eigenvalue weighted by atomic mass is 15.3. The molecule has 1 atom stereocenters. The zero-order valence-corrected chi connectivity index (χ0v) is 9.73. The highest BCUT2D eigenvalue weighted by Gasteiger charge is 2.29. The molecule has 1 aliphatic heterocycles. The number of rotatable bonds is 3. The molecule has 88 valence electrons. The lowest BCUT2D eigenvalue weighted by Gasteiger charge is -2.28. The smallest absolute Gasteiger partial charge is 0.136 e. The van der Waals surface area contributed by atoms with E-state index in [1.807, 2.05) is 0 Å². The predicted molar refractivity (Wildman–Crippen MR) is 62.1 cm³/mol. The van der Waals surface area contributed by atoms with Crippen LogP contribution < -0.4 is 5.73 Å². The van der Waals surface area contributed by atoms with E-state index in [1.165, 1.54) is 37.3 Å². The second kappa shape index (κ2) is 4.17. The normalized spacial score (nSPS) is 25.2. The summed E-state index contributed by atoms with van der Waals surface area (Å²) < 4.78 is 2.37. The molecule has 1 aliphatic carbocycles. The zero-order valence-electron chi connectivity index (χ0n) is 9.73. The number of hydrogen-bond acceptors (Lipinski definition) is 3. The topological polar surface area (TPSA) is 56.7 Å². The van der Waals surface area contributed by atoms with E-state index in [9.17, 15) is 0 Å². The van der Waals surface area contributed by atoms with Crippen molar-refractivity contribution in [2.45, 2.75) is 51.0 Å². The Balaban J connectivity index is 1.77. The molecule has 2 N–H and O–H groups in total. The van der Waals surface area contributed by atoms with E-state index in [0.29, 0.717) is 5.92 Å². The molecule has 0 amide bonds. The van der Waals surface area contributed by atoms with Gasteiger partial charge in [-0.3, -0.25) is 0 Å². The summed E-state index contributed by atoms with van der Waals surface area (Å²) in [5.41, 5.74) is 5.62. The standard InChI is InChI=1S/C12H20N4/c13-6-4-9-5-7-16-11(8-9)14-15-12(16)10-2-1-3-10/h9-10H,1-8,13H2. The second-order valence-corrected chi connectivity index (χ2v) is 5.19. The summed E-state index contributed by atoms with van der Waals surface area (Å²) >= 11 is 0. The first kappa shape index (κ1) is 10.3. The quantitative estimate of drug-likeness (QED) is 0.839. The monoisotopic (exact) mass is 220 g/mol. The van der Waals surface area contributed by atoms with Crippen molar-refractivity contribution in [1.82, 2.24) is 14.8 Å². The first-order valence-corrected chi connectivity index (χ1v) is 6.50. The highest BCUT2D eigenvalue weighted by Crippen LogP contribution is 2.36. The van der Waals surface area contributed by atoms with Crippen LogP contribution in [0.15, 0.2) is 0 Å². The molecular weight excluding hydrogens is 200 g/mol. The van der Waals surface area contributed by atoms with Gasteiger partial charge in [-0.1, -0.05) is 6.42 Å². The molecule has 0 saturated heterocycles. The van der Waals surface area contributed by atoms with Crippen LogP contribution >= 0.6 is 0 Å². The van der Waals surface area contributed by atoms with Gasteiger partial charge < -0.3 is 10.3 Å². The number of nitrogens with zero attached hydrogens (tertiary/aromatic N) is 3. The molecule has 2 aliphatic rings. The van der Waals surface area contributed by atoms with E-state index >= 15 is 0 Å². The van der Waals surface area contributed by atoms with Gasteiger partial charge in [0.15, 0.2) is 0 Å². The molecule has 1 aromatic rings. The molecule has 4 heteroatoms. The summed E-state index contributed by atoms with van der Waals surface area (Å²) in [6, 6.07) is 0. The Bertz CT molecular complexity index is 367. The fraction of sp³-hybridized carbons (Fsp3) is 0.833. The van der Waals surface area contributed by atoms with E-state index in [4.69, 9.17) is 5.73 Å². The molecule has 1 unspecified atom stereocenters. The van der Waals surface area contributed by atoms with Crippen molar-refractivity contribution in [2.24, 2.45) is 11.7 Å². The van der Waals surface area contributed by atoms with Crippen molar-refractivity contribution in [3.63, 3.8) is 0 Å². The van der Waals surface area contributed by atoms with Gasteiger partial charge in [-0.2, -0.15) is 0 Å². The average molecular weight is 220 g/mol. The van der Waals surface area contributed by atoms with E-state index < -0.39 is 0 Å². The minimum Gasteiger partial charge on any atom is -0.330 e. The van der Waals surface area contributed by atoms with Crippen LogP contribution in [0, 0.1) is 5.92 Å². The van der Waals surface area contributed by atoms with Crippen LogP contribution in [0.1, 0.15) is 49.7 Å². The van der Waals surface area contributed by atoms with Crippen LogP contribution in [-0.4, -0.2) is 21.3 Å². The van der Waals surface area contributed by atoms with E-state index in [-0.39, 0.29) is 0 Å². The fourth-order valence-electron chi connectivity index (χ4n) is 2.87. The van der Waals surface area contributed by atoms with Crippen molar-refractivity contribution < 1.29 is 0 Å². The van der Waals surface area contributed by atoms with Gasteiger partial charge in [0.05, 0.1) is 0 Å². The molecule has 0 aromatic carbocycles. The summed E-state index contributed by atoms with van der Waals surface area (Å²) in [6.07, 6.45) is 7.45. The summed E-state index contributed by atoms with van der Waals surface area (Å²) in [4.78, 5) is 0. The molecule has 16 heavy (non-hydrogen) atoms. The minimum atomic E-state index is 0.701. The molecule has 0 radical (unpaired) electrons. The lowest BCUT2D eigenvalue weighted by molar-refractivity contribution is 0.336. The lowest BCUT2D eigenvalue weighted by Crippen LogP contribution is -2.24. The summed E-state index contributed by atoms with van der Waals surface area (Å²) in [6.45, 7) is 1.91. The largest absolute Gasteiger partial charge is 0.330 e. The molecule has 1 saturated carbocycles. The van der Waals surface area contributed by atoms with Crippen LogP contribution in [0.2, 0.25) is 0 Å². The van der Waals surface area contributed by atoms with Gasteiger partial charge >= 0.3 is 0 Å². The molecule has 4 nitrogen and oxygen atoms in total. The Morgan fingerprint density at radius 3 is 2.81 bits per heavy atom. The SMILES string of the molecule is NCCC1CCn2c(nnc2C2CCC2)C1. The van der Waals surface area contributed by atoms with Crippen LogP contribution in [0.25, 0.3) is 0 Å². The Morgan fingerprint density at radius 1 is 1.25 bits per heavy atom. The number of aromatic nitrogens is 3. The Morgan fingerprint density at radius 2 is 2.12 bits per heavy atom. The Kier molecular flexibility index (Phi) is 2.67. The van der Waals surface area contributed by atoms with Crippen molar-refractivity contribution in [3.8, 4) is 0 Å². The molecule has 1 fully saturated rings. The number of nitrogens with two attached hydrogens (primary N) is 1. The Hall–Kier alpha value is -0.900. The third kappa shape index (κ3) is 1.65. The van der Waals surface area contributed by atoms with E-state index in [1.54, 1.807) is 0 Å². The summed E-state index contributed by atoms with van der Waals surface area (Å²) in [5.74, 6) is 3.89. The molecule has 1 aromatic heterocycles. The lowest BCUT2D eigenvalue weighted by atomic mass is 9.84. The zero-order chi connectivity index (χ0) is 11.0. The average Bonchev–Trinajstić information content (AvgIpc) is 2.60. The van der Waals surface area contributed by atoms with Gasteiger partial charge in [0.25, 0.3) is 0 Å². The molecule has 3 rings (SSSR count). The maximum Gasteiger partial charge on any atom is 0.136 e.